The highest BCUT2D eigenvalue weighted by atomic mass is 16.6. The number of non-ortho nitro benzene ring substituents is 1. The molecule has 0 aliphatic heterocycles. The summed E-state index contributed by atoms with van der Waals surface area (Å²) in [4.78, 5) is 33.6. The van der Waals surface area contributed by atoms with Crippen molar-refractivity contribution in [2.45, 2.75) is 12.8 Å². The molecule has 1 N–H and O–H groups in total. The Morgan fingerprint density at radius 3 is 2.36 bits per heavy atom. The Morgan fingerprint density at radius 2 is 1.76 bits per heavy atom. The Morgan fingerprint density at radius 1 is 1.12 bits per heavy atom. The lowest BCUT2D eigenvalue weighted by molar-refractivity contribution is -0.384. The topological polar surface area (TPSA) is 98.5 Å². The number of nitro benzene ring substituents is 1. The van der Waals surface area contributed by atoms with Crippen LogP contribution in [-0.2, 0) is 9.53 Å². The van der Waals surface area contributed by atoms with Crippen LogP contribution in [0.5, 0.6) is 0 Å². The number of nitrogens with one attached hydrogen (secondary N) is 1. The lowest BCUT2D eigenvalue weighted by atomic mass is 10.0. The molecule has 0 saturated carbocycles. The van der Waals surface area contributed by atoms with Gasteiger partial charge in [-0.3, -0.25) is 14.9 Å². The van der Waals surface area contributed by atoms with E-state index in [1.807, 2.05) is 37.3 Å². The van der Waals surface area contributed by atoms with Crippen molar-refractivity contribution in [2.24, 2.45) is 0 Å². The van der Waals surface area contributed by atoms with Crippen LogP contribution in [0.4, 0.5) is 5.69 Å². The summed E-state index contributed by atoms with van der Waals surface area (Å²) in [6.45, 7) is 2.01. The lowest BCUT2D eigenvalue weighted by Gasteiger charge is -2.13. The van der Waals surface area contributed by atoms with Crippen molar-refractivity contribution in [1.82, 2.24) is 5.32 Å². The van der Waals surface area contributed by atoms with Gasteiger partial charge in [-0.2, -0.15) is 0 Å². The minimum Gasteiger partial charge on any atom is -0.452 e. The minimum absolute atomic E-state index is 0.121. The van der Waals surface area contributed by atoms with E-state index < -0.39 is 23.4 Å². The molecule has 0 fully saturated rings. The zero-order valence-corrected chi connectivity index (χ0v) is 13.7. The molecule has 0 aliphatic rings. The van der Waals surface area contributed by atoms with E-state index >= 15 is 0 Å². The SMILES string of the molecule is C[C@H](CNC(=O)COC(=O)c1ccc([N+](=O)[O-])cc1)c1ccccc1. The second kappa shape index (κ2) is 8.58. The first-order valence-corrected chi connectivity index (χ1v) is 7.70. The maximum atomic E-state index is 11.8. The Bertz CT molecular complexity index is 744. The molecule has 0 heterocycles. The molecule has 7 heteroatoms. The van der Waals surface area contributed by atoms with Crippen molar-refractivity contribution in [3.63, 3.8) is 0 Å². The van der Waals surface area contributed by atoms with Gasteiger partial charge in [0.2, 0.25) is 0 Å². The minimum atomic E-state index is -0.707. The van der Waals surface area contributed by atoms with Gasteiger partial charge in [-0.25, -0.2) is 4.79 Å². The number of hydrogen-bond donors (Lipinski definition) is 1. The zero-order valence-electron chi connectivity index (χ0n) is 13.7. The number of ether oxygens (including phenoxy) is 1. The Labute approximate surface area is 144 Å². The average Bonchev–Trinajstić information content (AvgIpc) is 2.64. The largest absolute Gasteiger partial charge is 0.452 e. The number of amides is 1. The summed E-state index contributed by atoms with van der Waals surface area (Å²) in [5.41, 5.74) is 1.13. The number of carbonyl (C=O) groups is 2. The van der Waals surface area contributed by atoms with Crippen molar-refractivity contribution >= 4 is 17.6 Å². The smallest absolute Gasteiger partial charge is 0.338 e. The summed E-state index contributed by atoms with van der Waals surface area (Å²) in [5.74, 6) is -0.977. The van der Waals surface area contributed by atoms with E-state index in [4.69, 9.17) is 4.74 Å². The lowest BCUT2D eigenvalue weighted by Crippen LogP contribution is -2.31. The molecule has 1 amide bonds. The molecule has 0 radical (unpaired) electrons. The molecule has 7 nitrogen and oxygen atoms in total. The van der Waals surface area contributed by atoms with E-state index in [1.54, 1.807) is 0 Å². The van der Waals surface area contributed by atoms with E-state index in [1.165, 1.54) is 24.3 Å². The predicted molar refractivity (Wildman–Crippen MR) is 91.2 cm³/mol. The number of esters is 1. The number of rotatable bonds is 7. The maximum Gasteiger partial charge on any atom is 0.338 e. The third-order valence-corrected chi connectivity index (χ3v) is 3.62. The molecule has 0 spiro atoms. The summed E-state index contributed by atoms with van der Waals surface area (Å²) >= 11 is 0. The highest BCUT2D eigenvalue weighted by Crippen LogP contribution is 2.13. The fourth-order valence-corrected chi connectivity index (χ4v) is 2.15. The van der Waals surface area contributed by atoms with Crippen molar-refractivity contribution in [3.05, 3.63) is 75.8 Å². The molecule has 2 aromatic carbocycles. The molecular weight excluding hydrogens is 324 g/mol. The number of carbonyl (C=O) groups excluding carboxylic acids is 2. The zero-order chi connectivity index (χ0) is 18.2. The highest BCUT2D eigenvalue weighted by molar-refractivity contribution is 5.91. The monoisotopic (exact) mass is 342 g/mol. The fraction of sp³-hybridized carbons (Fsp3) is 0.222. The quantitative estimate of drug-likeness (QED) is 0.474. The molecule has 0 saturated heterocycles. The van der Waals surface area contributed by atoms with Crippen LogP contribution >= 0.6 is 0 Å². The Hall–Kier alpha value is -3.22. The van der Waals surface area contributed by atoms with Crippen LogP contribution in [0.1, 0.15) is 28.8 Å². The number of nitro groups is 1. The first-order valence-electron chi connectivity index (χ1n) is 7.70. The van der Waals surface area contributed by atoms with Crippen LogP contribution in [-0.4, -0.2) is 30.0 Å². The van der Waals surface area contributed by atoms with Crippen molar-refractivity contribution < 1.29 is 19.2 Å². The highest BCUT2D eigenvalue weighted by Gasteiger charge is 2.13. The first kappa shape index (κ1) is 18.1. The van der Waals surface area contributed by atoms with Crippen molar-refractivity contribution in [3.8, 4) is 0 Å². The third kappa shape index (κ3) is 5.42. The Balaban J connectivity index is 1.77. The summed E-state index contributed by atoms with van der Waals surface area (Å²) < 4.78 is 4.91. The van der Waals surface area contributed by atoms with Gasteiger partial charge in [-0.05, 0) is 23.6 Å². The molecule has 25 heavy (non-hydrogen) atoms. The second-order valence-electron chi connectivity index (χ2n) is 5.50. The summed E-state index contributed by atoms with van der Waals surface area (Å²) in [7, 11) is 0. The molecule has 1 atom stereocenters. The molecule has 130 valence electrons. The standard InChI is InChI=1S/C18H18N2O5/c1-13(14-5-3-2-4-6-14)11-19-17(21)12-25-18(22)15-7-9-16(10-8-15)20(23)24/h2-10,13H,11-12H2,1H3,(H,19,21)/t13-/m1/s1. The van der Waals surface area contributed by atoms with Gasteiger partial charge in [0.1, 0.15) is 0 Å². The van der Waals surface area contributed by atoms with Gasteiger partial charge in [-0.15, -0.1) is 0 Å². The second-order valence-corrected chi connectivity index (χ2v) is 5.50. The molecule has 2 rings (SSSR count). The summed E-state index contributed by atoms with van der Waals surface area (Å²) in [6, 6.07) is 14.7. The molecule has 0 unspecified atom stereocenters. The van der Waals surface area contributed by atoms with Gasteiger partial charge >= 0.3 is 5.97 Å². The van der Waals surface area contributed by atoms with Gasteiger partial charge in [0.05, 0.1) is 10.5 Å². The van der Waals surface area contributed by atoms with Gasteiger partial charge < -0.3 is 10.1 Å². The van der Waals surface area contributed by atoms with Gasteiger partial charge in [0, 0.05) is 18.7 Å². The van der Waals surface area contributed by atoms with E-state index in [0.717, 1.165) is 5.56 Å². The molecular formula is C18H18N2O5. The van der Waals surface area contributed by atoms with Crippen LogP contribution in [0.25, 0.3) is 0 Å². The Kier molecular flexibility index (Phi) is 6.22. The van der Waals surface area contributed by atoms with Crippen molar-refractivity contribution in [2.75, 3.05) is 13.2 Å². The molecule has 0 aromatic heterocycles. The molecule has 0 aliphatic carbocycles. The van der Waals surface area contributed by atoms with E-state index in [2.05, 4.69) is 5.32 Å². The van der Waals surface area contributed by atoms with E-state index in [9.17, 15) is 19.7 Å². The van der Waals surface area contributed by atoms with Crippen LogP contribution < -0.4 is 5.32 Å². The maximum absolute atomic E-state index is 11.8. The van der Waals surface area contributed by atoms with Crippen LogP contribution in [0, 0.1) is 10.1 Å². The van der Waals surface area contributed by atoms with Gasteiger partial charge in [0.25, 0.3) is 11.6 Å². The first-order chi connectivity index (χ1) is 12.0. The molecule has 0 bridgehead atoms. The average molecular weight is 342 g/mol. The molecule has 2 aromatic rings. The van der Waals surface area contributed by atoms with Gasteiger partial charge in [-0.1, -0.05) is 37.3 Å². The van der Waals surface area contributed by atoms with E-state index in [-0.39, 0.29) is 17.2 Å². The summed E-state index contributed by atoms with van der Waals surface area (Å²) in [5, 5.41) is 13.3. The normalized spacial score (nSPS) is 11.4. The van der Waals surface area contributed by atoms with Gasteiger partial charge in [0.15, 0.2) is 6.61 Å². The number of nitrogens with zero attached hydrogens (tertiary/aromatic N) is 1. The number of benzene rings is 2. The van der Waals surface area contributed by atoms with E-state index in [0.29, 0.717) is 6.54 Å². The van der Waals surface area contributed by atoms with Crippen LogP contribution in [0.2, 0.25) is 0 Å². The number of hydrogen-bond acceptors (Lipinski definition) is 5. The summed E-state index contributed by atoms with van der Waals surface area (Å²) in [6.07, 6.45) is 0. The van der Waals surface area contributed by atoms with Crippen LogP contribution in [0.3, 0.4) is 0 Å². The fourth-order valence-electron chi connectivity index (χ4n) is 2.15. The van der Waals surface area contributed by atoms with Crippen LogP contribution in [0.15, 0.2) is 54.6 Å². The predicted octanol–water partition coefficient (Wildman–Crippen LogP) is 2.67. The van der Waals surface area contributed by atoms with Crippen molar-refractivity contribution in [1.29, 1.82) is 0 Å². The third-order valence-electron chi connectivity index (χ3n) is 3.62.